The van der Waals surface area contributed by atoms with Crippen LogP contribution in [0.5, 0.6) is 11.5 Å². The lowest BCUT2D eigenvalue weighted by Crippen LogP contribution is -2.20. The standard InChI is InChI=1S/C22H23NO5/c1-3-15-27-18-12-9-17(10-13-18)11-14-22(25)28-16-21(24)23-19-7-5-6-8-20(19)26-4-2/h3,5-14H,1,4,15-16H2,2H3,(H,23,24)/b14-11+. The molecule has 0 aliphatic rings. The number of carbonyl (C=O) groups is 2. The van der Waals surface area contributed by atoms with Gasteiger partial charge >= 0.3 is 5.97 Å². The maximum Gasteiger partial charge on any atom is 0.331 e. The van der Waals surface area contributed by atoms with E-state index >= 15 is 0 Å². The van der Waals surface area contributed by atoms with Crippen LogP contribution >= 0.6 is 0 Å². The molecule has 2 rings (SSSR count). The number of ether oxygens (including phenoxy) is 3. The summed E-state index contributed by atoms with van der Waals surface area (Å²) >= 11 is 0. The normalized spacial score (nSPS) is 10.3. The lowest BCUT2D eigenvalue weighted by Gasteiger charge is -2.11. The van der Waals surface area contributed by atoms with Gasteiger partial charge < -0.3 is 19.5 Å². The zero-order valence-corrected chi connectivity index (χ0v) is 15.7. The summed E-state index contributed by atoms with van der Waals surface area (Å²) in [6, 6.07) is 14.2. The minimum absolute atomic E-state index is 0.391. The Morgan fingerprint density at radius 2 is 1.82 bits per heavy atom. The smallest absolute Gasteiger partial charge is 0.331 e. The molecule has 0 aliphatic carbocycles. The Balaban J connectivity index is 1.81. The second-order valence-electron chi connectivity index (χ2n) is 5.59. The SMILES string of the molecule is C=CCOc1ccc(/C=C/C(=O)OCC(=O)Nc2ccccc2OCC)cc1. The molecule has 0 radical (unpaired) electrons. The summed E-state index contributed by atoms with van der Waals surface area (Å²) in [6.45, 7) is 5.96. The summed E-state index contributed by atoms with van der Waals surface area (Å²) in [5.41, 5.74) is 1.33. The number of anilines is 1. The van der Waals surface area contributed by atoms with Crippen molar-refractivity contribution in [2.45, 2.75) is 6.92 Å². The van der Waals surface area contributed by atoms with Gasteiger partial charge in [-0.2, -0.15) is 0 Å². The number of hydrogen-bond acceptors (Lipinski definition) is 5. The first-order chi connectivity index (χ1) is 13.6. The first-order valence-electron chi connectivity index (χ1n) is 8.82. The third-order valence-corrected chi connectivity index (χ3v) is 3.47. The fourth-order valence-corrected chi connectivity index (χ4v) is 2.22. The van der Waals surface area contributed by atoms with Gasteiger partial charge in [0.15, 0.2) is 6.61 Å². The summed E-state index contributed by atoms with van der Waals surface area (Å²) in [7, 11) is 0. The van der Waals surface area contributed by atoms with Crippen LogP contribution in [0, 0.1) is 0 Å². The highest BCUT2D eigenvalue weighted by Crippen LogP contribution is 2.23. The minimum atomic E-state index is -0.611. The highest BCUT2D eigenvalue weighted by molar-refractivity contribution is 5.95. The summed E-state index contributed by atoms with van der Waals surface area (Å²) in [5, 5.41) is 2.66. The van der Waals surface area contributed by atoms with E-state index in [4.69, 9.17) is 14.2 Å². The van der Waals surface area contributed by atoms with Gasteiger partial charge in [0.1, 0.15) is 18.1 Å². The number of rotatable bonds is 10. The molecule has 146 valence electrons. The van der Waals surface area contributed by atoms with Crippen LogP contribution in [0.1, 0.15) is 12.5 Å². The predicted molar refractivity (Wildman–Crippen MR) is 108 cm³/mol. The largest absolute Gasteiger partial charge is 0.492 e. The third-order valence-electron chi connectivity index (χ3n) is 3.47. The van der Waals surface area contributed by atoms with Crippen LogP contribution in [0.15, 0.2) is 67.3 Å². The Bertz CT molecular complexity index is 827. The topological polar surface area (TPSA) is 73.9 Å². The van der Waals surface area contributed by atoms with Crippen molar-refractivity contribution >= 4 is 23.6 Å². The molecule has 6 nitrogen and oxygen atoms in total. The van der Waals surface area contributed by atoms with E-state index in [-0.39, 0.29) is 0 Å². The van der Waals surface area contributed by atoms with Crippen LogP contribution in [0.3, 0.4) is 0 Å². The van der Waals surface area contributed by atoms with Crippen molar-refractivity contribution < 1.29 is 23.8 Å². The van der Waals surface area contributed by atoms with Gasteiger partial charge in [-0.25, -0.2) is 4.79 Å². The fourth-order valence-electron chi connectivity index (χ4n) is 2.22. The van der Waals surface area contributed by atoms with Crippen molar-refractivity contribution in [3.63, 3.8) is 0 Å². The van der Waals surface area contributed by atoms with Crippen LogP contribution in [0.25, 0.3) is 6.08 Å². The van der Waals surface area contributed by atoms with Gasteiger partial charge in [-0.3, -0.25) is 4.79 Å². The molecule has 1 N–H and O–H groups in total. The van der Waals surface area contributed by atoms with Gasteiger partial charge in [-0.05, 0) is 42.8 Å². The predicted octanol–water partition coefficient (Wildman–Crippen LogP) is 3.85. The summed E-state index contributed by atoms with van der Waals surface area (Å²) < 4.78 is 15.8. The van der Waals surface area contributed by atoms with E-state index in [2.05, 4.69) is 11.9 Å². The molecule has 0 atom stereocenters. The average molecular weight is 381 g/mol. The molecule has 0 aromatic heterocycles. The van der Waals surface area contributed by atoms with Gasteiger partial charge in [0.05, 0.1) is 12.3 Å². The Hall–Kier alpha value is -3.54. The molecule has 1 amide bonds. The van der Waals surface area contributed by atoms with Crippen LogP contribution in [0.2, 0.25) is 0 Å². The Labute approximate surface area is 164 Å². The molecule has 2 aromatic carbocycles. The van der Waals surface area contributed by atoms with E-state index in [0.717, 1.165) is 5.56 Å². The van der Waals surface area contributed by atoms with E-state index in [1.807, 2.05) is 13.0 Å². The number of benzene rings is 2. The van der Waals surface area contributed by atoms with E-state index in [1.54, 1.807) is 54.6 Å². The van der Waals surface area contributed by atoms with Crippen molar-refractivity contribution in [3.8, 4) is 11.5 Å². The van der Waals surface area contributed by atoms with Crippen molar-refractivity contribution in [3.05, 3.63) is 72.8 Å². The highest BCUT2D eigenvalue weighted by atomic mass is 16.5. The van der Waals surface area contributed by atoms with Gasteiger partial charge in [0.2, 0.25) is 0 Å². The van der Waals surface area contributed by atoms with E-state index in [9.17, 15) is 9.59 Å². The zero-order chi connectivity index (χ0) is 20.2. The molecule has 0 aliphatic heterocycles. The number of para-hydroxylation sites is 2. The van der Waals surface area contributed by atoms with E-state index in [0.29, 0.717) is 30.4 Å². The molecule has 0 unspecified atom stereocenters. The number of hydrogen-bond donors (Lipinski definition) is 1. The Morgan fingerprint density at radius 3 is 2.54 bits per heavy atom. The molecule has 0 fully saturated rings. The molecule has 28 heavy (non-hydrogen) atoms. The van der Waals surface area contributed by atoms with Crippen LogP contribution < -0.4 is 14.8 Å². The summed E-state index contributed by atoms with van der Waals surface area (Å²) in [4.78, 5) is 23.8. The summed E-state index contributed by atoms with van der Waals surface area (Å²) in [5.74, 6) is 0.214. The number of carbonyl (C=O) groups excluding carboxylic acids is 2. The maximum atomic E-state index is 12.0. The quantitative estimate of drug-likeness (QED) is 0.384. The van der Waals surface area contributed by atoms with Crippen LogP contribution in [0.4, 0.5) is 5.69 Å². The number of esters is 1. The lowest BCUT2D eigenvalue weighted by molar-refractivity contribution is -0.142. The molecule has 2 aromatic rings. The molecule has 0 heterocycles. The van der Waals surface area contributed by atoms with Crippen molar-refractivity contribution in [2.24, 2.45) is 0 Å². The van der Waals surface area contributed by atoms with Crippen LogP contribution in [-0.2, 0) is 14.3 Å². The molecular weight excluding hydrogens is 358 g/mol. The van der Waals surface area contributed by atoms with Gasteiger partial charge in [0.25, 0.3) is 5.91 Å². The van der Waals surface area contributed by atoms with Gasteiger partial charge in [-0.15, -0.1) is 0 Å². The monoisotopic (exact) mass is 381 g/mol. The van der Waals surface area contributed by atoms with Crippen molar-refractivity contribution in [1.82, 2.24) is 0 Å². The average Bonchev–Trinajstić information content (AvgIpc) is 2.71. The van der Waals surface area contributed by atoms with Gasteiger partial charge in [-0.1, -0.05) is 36.9 Å². The highest BCUT2D eigenvalue weighted by Gasteiger charge is 2.09. The van der Waals surface area contributed by atoms with Crippen LogP contribution in [-0.4, -0.2) is 31.7 Å². The van der Waals surface area contributed by atoms with Crippen molar-refractivity contribution in [1.29, 1.82) is 0 Å². The second-order valence-corrected chi connectivity index (χ2v) is 5.59. The second kappa shape index (κ2) is 11.2. The van der Waals surface area contributed by atoms with E-state index < -0.39 is 18.5 Å². The molecule has 6 heteroatoms. The molecule has 0 saturated heterocycles. The van der Waals surface area contributed by atoms with Gasteiger partial charge in [0, 0.05) is 6.08 Å². The minimum Gasteiger partial charge on any atom is -0.492 e. The van der Waals surface area contributed by atoms with Crippen molar-refractivity contribution in [2.75, 3.05) is 25.1 Å². The third kappa shape index (κ3) is 6.99. The maximum absolute atomic E-state index is 12.0. The summed E-state index contributed by atoms with van der Waals surface area (Å²) in [6.07, 6.45) is 4.53. The molecular formula is C22H23NO5. The Morgan fingerprint density at radius 1 is 1.07 bits per heavy atom. The lowest BCUT2D eigenvalue weighted by atomic mass is 10.2. The molecule has 0 saturated carbocycles. The fraction of sp³-hybridized carbons (Fsp3) is 0.182. The molecule has 0 spiro atoms. The number of amides is 1. The first kappa shape index (κ1) is 20.8. The number of nitrogens with one attached hydrogen (secondary N) is 1. The van der Waals surface area contributed by atoms with E-state index in [1.165, 1.54) is 6.08 Å². The zero-order valence-electron chi connectivity index (χ0n) is 15.7. The first-order valence-corrected chi connectivity index (χ1v) is 8.82. The molecule has 0 bridgehead atoms. The Kier molecular flexibility index (Phi) is 8.33.